The van der Waals surface area contributed by atoms with E-state index in [1.807, 2.05) is 4.90 Å². The first-order valence-electron chi connectivity index (χ1n) is 5.41. The number of hydrogen-bond donors (Lipinski definition) is 2. The van der Waals surface area contributed by atoms with Crippen LogP contribution in [0.15, 0.2) is 0 Å². The predicted molar refractivity (Wildman–Crippen MR) is 52.8 cm³/mol. The molecule has 0 radical (unpaired) electrons. The number of hydrogen-bond acceptors (Lipinski definition) is 3. The van der Waals surface area contributed by atoms with Gasteiger partial charge in [-0.25, -0.2) is 0 Å². The molecule has 0 aliphatic carbocycles. The minimum Gasteiger partial charge on any atom is -0.384 e. The lowest BCUT2D eigenvalue weighted by Gasteiger charge is -2.28. The van der Waals surface area contributed by atoms with E-state index in [-0.39, 0.29) is 5.91 Å². The first-order chi connectivity index (χ1) is 6.70. The summed E-state index contributed by atoms with van der Waals surface area (Å²) in [5.41, 5.74) is 0. The van der Waals surface area contributed by atoms with Gasteiger partial charge in [0.15, 0.2) is 0 Å². The van der Waals surface area contributed by atoms with Crippen LogP contribution >= 0.6 is 0 Å². The van der Waals surface area contributed by atoms with Crippen molar-refractivity contribution in [3.63, 3.8) is 0 Å². The van der Waals surface area contributed by atoms with E-state index < -0.39 is 6.10 Å². The minimum absolute atomic E-state index is 0.0961. The predicted octanol–water partition coefficient (Wildman–Crippen LogP) is -0.280. The topological polar surface area (TPSA) is 52.6 Å². The van der Waals surface area contributed by atoms with E-state index in [0.717, 1.165) is 32.4 Å². The molecule has 0 saturated carbocycles. The van der Waals surface area contributed by atoms with E-state index in [1.165, 1.54) is 0 Å². The number of rotatable bonds is 1. The van der Waals surface area contributed by atoms with Crippen LogP contribution in [0.25, 0.3) is 0 Å². The van der Waals surface area contributed by atoms with E-state index in [1.54, 1.807) is 6.92 Å². The van der Waals surface area contributed by atoms with Crippen molar-refractivity contribution in [2.24, 2.45) is 0 Å². The molecule has 2 saturated heterocycles. The lowest BCUT2D eigenvalue weighted by atomic mass is 10.1. The van der Waals surface area contributed by atoms with E-state index in [9.17, 15) is 9.90 Å². The Labute approximate surface area is 84.3 Å². The molecule has 4 heteroatoms. The zero-order chi connectivity index (χ0) is 10.1. The second kappa shape index (κ2) is 3.87. The number of aliphatic hydroxyl groups is 1. The molecule has 14 heavy (non-hydrogen) atoms. The van der Waals surface area contributed by atoms with Gasteiger partial charge in [0.1, 0.15) is 6.10 Å². The number of amides is 1. The van der Waals surface area contributed by atoms with Gasteiger partial charge in [0, 0.05) is 18.6 Å². The van der Waals surface area contributed by atoms with Gasteiger partial charge < -0.3 is 15.3 Å². The van der Waals surface area contributed by atoms with Crippen molar-refractivity contribution in [1.29, 1.82) is 0 Å². The standard InChI is InChI=1S/C10H18N2O2/c1-7(13)10(14)12-8-2-3-9(12)6-11-5-4-8/h7-9,11,13H,2-6H2,1H3. The Bertz CT molecular complexity index is 216. The summed E-state index contributed by atoms with van der Waals surface area (Å²) < 4.78 is 0. The summed E-state index contributed by atoms with van der Waals surface area (Å²) in [6.07, 6.45) is 2.35. The molecule has 0 aromatic heterocycles. The molecule has 0 aromatic rings. The number of nitrogens with one attached hydrogen (secondary N) is 1. The van der Waals surface area contributed by atoms with Crippen molar-refractivity contribution in [2.75, 3.05) is 13.1 Å². The third-order valence-corrected chi connectivity index (χ3v) is 3.27. The lowest BCUT2D eigenvalue weighted by Crippen LogP contribution is -2.46. The number of carbonyl (C=O) groups is 1. The van der Waals surface area contributed by atoms with Gasteiger partial charge in [-0.2, -0.15) is 0 Å². The largest absolute Gasteiger partial charge is 0.384 e. The van der Waals surface area contributed by atoms with Crippen molar-refractivity contribution in [1.82, 2.24) is 10.2 Å². The molecular weight excluding hydrogens is 180 g/mol. The van der Waals surface area contributed by atoms with Crippen LogP contribution in [0.3, 0.4) is 0 Å². The highest BCUT2D eigenvalue weighted by Crippen LogP contribution is 2.28. The third-order valence-electron chi connectivity index (χ3n) is 3.27. The van der Waals surface area contributed by atoms with Crippen LogP contribution in [0.2, 0.25) is 0 Å². The molecule has 80 valence electrons. The van der Waals surface area contributed by atoms with Crippen LogP contribution in [-0.2, 0) is 4.79 Å². The van der Waals surface area contributed by atoms with Crippen LogP contribution in [0.1, 0.15) is 26.2 Å². The Hall–Kier alpha value is -0.610. The number of nitrogens with zero attached hydrogens (tertiary/aromatic N) is 1. The average Bonchev–Trinajstić information content (AvgIpc) is 2.38. The number of aliphatic hydroxyl groups excluding tert-OH is 1. The van der Waals surface area contributed by atoms with E-state index in [0.29, 0.717) is 12.1 Å². The number of carbonyl (C=O) groups excluding carboxylic acids is 1. The Kier molecular flexibility index (Phi) is 2.74. The molecule has 1 amide bonds. The Balaban J connectivity index is 2.12. The zero-order valence-corrected chi connectivity index (χ0v) is 8.57. The Morgan fingerprint density at radius 3 is 2.86 bits per heavy atom. The van der Waals surface area contributed by atoms with Crippen molar-refractivity contribution in [2.45, 2.75) is 44.4 Å². The van der Waals surface area contributed by atoms with Gasteiger partial charge in [0.25, 0.3) is 5.91 Å². The third kappa shape index (κ3) is 1.64. The van der Waals surface area contributed by atoms with Gasteiger partial charge >= 0.3 is 0 Å². The van der Waals surface area contributed by atoms with Crippen LogP contribution in [-0.4, -0.2) is 47.2 Å². The van der Waals surface area contributed by atoms with Gasteiger partial charge in [0.2, 0.25) is 0 Å². The quantitative estimate of drug-likeness (QED) is 0.609. The molecule has 3 unspecified atom stereocenters. The molecule has 4 nitrogen and oxygen atoms in total. The molecule has 2 rings (SSSR count). The summed E-state index contributed by atoms with van der Waals surface area (Å²) in [4.78, 5) is 13.7. The average molecular weight is 198 g/mol. The van der Waals surface area contributed by atoms with E-state index in [2.05, 4.69) is 5.32 Å². The maximum absolute atomic E-state index is 11.8. The molecule has 2 N–H and O–H groups in total. The fourth-order valence-electron chi connectivity index (χ4n) is 2.56. The van der Waals surface area contributed by atoms with Gasteiger partial charge in [-0.1, -0.05) is 0 Å². The summed E-state index contributed by atoms with van der Waals surface area (Å²) in [5.74, 6) is -0.0961. The van der Waals surface area contributed by atoms with Crippen LogP contribution in [0, 0.1) is 0 Å². The van der Waals surface area contributed by atoms with Gasteiger partial charge in [-0.05, 0) is 32.7 Å². The Morgan fingerprint density at radius 1 is 1.43 bits per heavy atom. The maximum Gasteiger partial charge on any atom is 0.251 e. The van der Waals surface area contributed by atoms with E-state index >= 15 is 0 Å². The molecule has 3 atom stereocenters. The molecule has 2 heterocycles. The summed E-state index contributed by atoms with van der Waals surface area (Å²) >= 11 is 0. The molecular formula is C10H18N2O2. The molecule has 0 spiro atoms. The molecule has 2 aliphatic rings. The highest BCUT2D eigenvalue weighted by Gasteiger charge is 2.38. The van der Waals surface area contributed by atoms with E-state index in [4.69, 9.17) is 0 Å². The zero-order valence-electron chi connectivity index (χ0n) is 8.57. The fourth-order valence-corrected chi connectivity index (χ4v) is 2.56. The highest BCUT2D eigenvalue weighted by molar-refractivity contribution is 5.81. The lowest BCUT2D eigenvalue weighted by molar-refractivity contribution is -0.141. The second-order valence-corrected chi connectivity index (χ2v) is 4.30. The second-order valence-electron chi connectivity index (χ2n) is 4.30. The normalized spacial score (nSPS) is 34.0. The highest BCUT2D eigenvalue weighted by atomic mass is 16.3. The summed E-state index contributed by atoms with van der Waals surface area (Å²) in [6, 6.07) is 0.668. The molecule has 2 fully saturated rings. The minimum atomic E-state index is -0.851. The molecule has 2 bridgehead atoms. The molecule has 2 aliphatic heterocycles. The van der Waals surface area contributed by atoms with Crippen LogP contribution in [0.5, 0.6) is 0 Å². The smallest absolute Gasteiger partial charge is 0.251 e. The van der Waals surface area contributed by atoms with Gasteiger partial charge in [-0.15, -0.1) is 0 Å². The van der Waals surface area contributed by atoms with Crippen molar-refractivity contribution < 1.29 is 9.90 Å². The van der Waals surface area contributed by atoms with Crippen molar-refractivity contribution in [3.8, 4) is 0 Å². The number of fused-ring (bicyclic) bond motifs is 2. The first-order valence-corrected chi connectivity index (χ1v) is 5.41. The monoisotopic (exact) mass is 198 g/mol. The summed E-state index contributed by atoms with van der Waals surface area (Å²) in [7, 11) is 0. The molecule has 0 aromatic carbocycles. The van der Waals surface area contributed by atoms with Gasteiger partial charge in [-0.3, -0.25) is 4.79 Å². The fraction of sp³-hybridized carbons (Fsp3) is 0.900. The van der Waals surface area contributed by atoms with Crippen molar-refractivity contribution in [3.05, 3.63) is 0 Å². The Morgan fingerprint density at radius 2 is 2.14 bits per heavy atom. The SMILES string of the molecule is CC(O)C(=O)N1C2CCNCC1CC2. The van der Waals surface area contributed by atoms with Gasteiger partial charge in [0.05, 0.1) is 0 Å². The maximum atomic E-state index is 11.8. The first kappa shape index (κ1) is 9.93. The summed E-state index contributed by atoms with van der Waals surface area (Å²) in [5, 5.41) is 12.6. The van der Waals surface area contributed by atoms with Crippen LogP contribution in [0.4, 0.5) is 0 Å². The van der Waals surface area contributed by atoms with Crippen LogP contribution < -0.4 is 5.32 Å². The summed E-state index contributed by atoms with van der Waals surface area (Å²) in [6.45, 7) is 3.43. The van der Waals surface area contributed by atoms with Crippen molar-refractivity contribution >= 4 is 5.91 Å².